The van der Waals surface area contributed by atoms with Gasteiger partial charge >= 0.3 is 0 Å². The highest BCUT2D eigenvalue weighted by Crippen LogP contribution is 2.61. The zero-order chi connectivity index (χ0) is 11.8. The van der Waals surface area contributed by atoms with Crippen LogP contribution in [0.2, 0.25) is 18.1 Å². The van der Waals surface area contributed by atoms with Crippen molar-refractivity contribution in [1.29, 1.82) is 0 Å². The molecule has 0 spiro atoms. The zero-order valence-corrected chi connectivity index (χ0v) is 12.1. The summed E-state index contributed by atoms with van der Waals surface area (Å²) >= 11 is 0. The van der Waals surface area contributed by atoms with Gasteiger partial charge in [-0.2, -0.15) is 0 Å². The summed E-state index contributed by atoms with van der Waals surface area (Å²) in [6, 6.07) is 3.82. The first kappa shape index (κ1) is 12.4. The lowest BCUT2D eigenvalue weighted by atomic mass is 9.67. The molecule has 3 saturated carbocycles. The van der Waals surface area contributed by atoms with E-state index in [1.54, 1.807) is 0 Å². The fourth-order valence-electron chi connectivity index (χ4n) is 3.76. The number of rotatable bonds is 6. The second-order valence-electron chi connectivity index (χ2n) is 5.72. The van der Waals surface area contributed by atoms with Crippen molar-refractivity contribution < 1.29 is 4.43 Å². The first-order chi connectivity index (χ1) is 7.65. The van der Waals surface area contributed by atoms with Gasteiger partial charge in [-0.3, -0.25) is 0 Å². The van der Waals surface area contributed by atoms with E-state index in [-0.39, 0.29) is 0 Å². The topological polar surface area (TPSA) is 9.23 Å². The van der Waals surface area contributed by atoms with Gasteiger partial charge in [0.1, 0.15) is 0 Å². The van der Waals surface area contributed by atoms with E-state index in [4.69, 9.17) is 4.43 Å². The van der Waals surface area contributed by atoms with Gasteiger partial charge in [-0.25, -0.2) is 0 Å². The third kappa shape index (κ3) is 1.62. The Morgan fingerprint density at radius 3 is 2.38 bits per heavy atom. The molecule has 1 nitrogen and oxygen atoms in total. The Morgan fingerprint density at radius 2 is 1.94 bits per heavy atom. The Labute approximate surface area is 101 Å². The highest BCUT2D eigenvalue weighted by Gasteiger charge is 2.59. The van der Waals surface area contributed by atoms with Crippen LogP contribution in [0.5, 0.6) is 0 Å². The Balaban J connectivity index is 2.07. The van der Waals surface area contributed by atoms with E-state index in [0.29, 0.717) is 11.5 Å². The van der Waals surface area contributed by atoms with Crippen LogP contribution in [-0.2, 0) is 4.43 Å². The fourth-order valence-corrected chi connectivity index (χ4v) is 6.72. The molecule has 0 aliphatic heterocycles. The lowest BCUT2D eigenvalue weighted by Gasteiger charge is -2.49. The van der Waals surface area contributed by atoms with E-state index in [1.807, 2.05) is 0 Å². The molecule has 92 valence electrons. The maximum atomic E-state index is 6.67. The molecular formula is C14H26OSi. The van der Waals surface area contributed by atoms with Crippen molar-refractivity contribution in [1.82, 2.24) is 0 Å². The second-order valence-corrected chi connectivity index (χ2v) is 10.4. The van der Waals surface area contributed by atoms with E-state index in [1.165, 1.54) is 37.4 Å². The monoisotopic (exact) mass is 238 g/mol. The molecule has 2 heteroatoms. The Kier molecular flexibility index (Phi) is 3.33. The molecule has 0 saturated heterocycles. The van der Waals surface area contributed by atoms with Gasteiger partial charge in [0.15, 0.2) is 8.32 Å². The summed E-state index contributed by atoms with van der Waals surface area (Å²) < 4.78 is 6.67. The van der Waals surface area contributed by atoms with Crippen LogP contribution in [0.25, 0.3) is 0 Å². The fraction of sp³-hybridized carbons (Fsp3) is 0.857. The van der Waals surface area contributed by atoms with Crippen LogP contribution in [0.1, 0.15) is 40.0 Å². The summed E-state index contributed by atoms with van der Waals surface area (Å²) in [5, 5.41) is 0. The lowest BCUT2D eigenvalue weighted by molar-refractivity contribution is -0.0252. The van der Waals surface area contributed by atoms with E-state index < -0.39 is 8.32 Å². The molecule has 3 rings (SSSR count). The molecule has 0 radical (unpaired) electrons. The third-order valence-corrected chi connectivity index (χ3v) is 9.95. The molecule has 0 amide bonds. The van der Waals surface area contributed by atoms with Gasteiger partial charge in [0, 0.05) is 5.41 Å². The summed E-state index contributed by atoms with van der Waals surface area (Å²) in [6.07, 6.45) is 6.78. The molecule has 3 fully saturated rings. The maximum absolute atomic E-state index is 6.67. The van der Waals surface area contributed by atoms with Crippen molar-refractivity contribution in [3.05, 3.63) is 12.7 Å². The first-order valence-electron chi connectivity index (χ1n) is 6.96. The second kappa shape index (κ2) is 4.30. The normalized spacial score (nSPS) is 37.2. The molecule has 1 unspecified atom stereocenters. The van der Waals surface area contributed by atoms with Gasteiger partial charge < -0.3 is 4.43 Å². The van der Waals surface area contributed by atoms with Gasteiger partial charge in [-0.15, -0.1) is 6.58 Å². The molecule has 16 heavy (non-hydrogen) atoms. The van der Waals surface area contributed by atoms with Crippen molar-refractivity contribution >= 4 is 8.32 Å². The molecule has 0 aromatic heterocycles. The lowest BCUT2D eigenvalue weighted by Crippen LogP contribution is -2.52. The van der Waals surface area contributed by atoms with Crippen LogP contribution in [0, 0.1) is 11.3 Å². The first-order valence-corrected chi connectivity index (χ1v) is 9.49. The number of hydrogen-bond acceptors (Lipinski definition) is 1. The van der Waals surface area contributed by atoms with Crippen LogP contribution < -0.4 is 0 Å². The standard InChI is InChI=1S/C14H26OSi/c1-5-14-10-9-12(11-14)13(14)15-16(6-2,7-3)8-4/h5,12-13H,1,6-11H2,2-4H3/t12-,13?,14+/m1/s1. The molecular weight excluding hydrogens is 212 g/mol. The molecule has 2 bridgehead atoms. The summed E-state index contributed by atoms with van der Waals surface area (Å²) in [6.45, 7) is 11.0. The highest BCUT2D eigenvalue weighted by molar-refractivity contribution is 6.73. The summed E-state index contributed by atoms with van der Waals surface area (Å²) in [5.41, 5.74) is 0.377. The minimum absolute atomic E-state index is 0.377. The average Bonchev–Trinajstić information content (AvgIpc) is 2.90. The van der Waals surface area contributed by atoms with Crippen molar-refractivity contribution in [3.8, 4) is 0 Å². The average molecular weight is 238 g/mol. The van der Waals surface area contributed by atoms with Crippen LogP contribution in [-0.4, -0.2) is 14.4 Å². The predicted molar refractivity (Wildman–Crippen MR) is 72.0 cm³/mol. The van der Waals surface area contributed by atoms with E-state index in [2.05, 4.69) is 33.4 Å². The van der Waals surface area contributed by atoms with Gasteiger partial charge in [-0.05, 0) is 43.3 Å². The Hall–Kier alpha value is -0.0831. The number of hydrogen-bond donors (Lipinski definition) is 0. The Morgan fingerprint density at radius 1 is 1.31 bits per heavy atom. The van der Waals surface area contributed by atoms with Crippen LogP contribution >= 0.6 is 0 Å². The highest BCUT2D eigenvalue weighted by atomic mass is 28.4. The molecule has 0 N–H and O–H groups in total. The van der Waals surface area contributed by atoms with E-state index >= 15 is 0 Å². The molecule has 0 aromatic carbocycles. The smallest absolute Gasteiger partial charge is 0.192 e. The van der Waals surface area contributed by atoms with Crippen molar-refractivity contribution in [3.63, 3.8) is 0 Å². The van der Waals surface area contributed by atoms with Gasteiger partial charge in [0.25, 0.3) is 0 Å². The van der Waals surface area contributed by atoms with Crippen molar-refractivity contribution in [2.45, 2.75) is 64.3 Å². The van der Waals surface area contributed by atoms with Crippen molar-refractivity contribution in [2.24, 2.45) is 11.3 Å². The summed E-state index contributed by atoms with van der Waals surface area (Å²) in [5.74, 6) is 0.856. The van der Waals surface area contributed by atoms with Crippen molar-refractivity contribution in [2.75, 3.05) is 0 Å². The van der Waals surface area contributed by atoms with E-state index in [9.17, 15) is 0 Å². The van der Waals surface area contributed by atoms with Gasteiger partial charge in [-0.1, -0.05) is 26.8 Å². The number of fused-ring (bicyclic) bond motifs is 1. The molecule has 3 aliphatic carbocycles. The quantitative estimate of drug-likeness (QED) is 0.493. The largest absolute Gasteiger partial charge is 0.413 e. The summed E-state index contributed by atoms with van der Waals surface area (Å²) in [4.78, 5) is 0. The molecule has 0 aromatic rings. The summed E-state index contributed by atoms with van der Waals surface area (Å²) in [7, 11) is -1.40. The maximum Gasteiger partial charge on any atom is 0.192 e. The predicted octanol–water partition coefficient (Wildman–Crippen LogP) is 4.36. The zero-order valence-electron chi connectivity index (χ0n) is 11.1. The van der Waals surface area contributed by atoms with E-state index in [0.717, 1.165) is 5.92 Å². The Bertz CT molecular complexity index is 260. The third-order valence-electron chi connectivity index (χ3n) is 5.33. The minimum atomic E-state index is -1.40. The van der Waals surface area contributed by atoms with Crippen LogP contribution in [0.4, 0.5) is 0 Å². The molecule has 3 atom stereocenters. The SMILES string of the molecule is C=C[C@]12CC[C@H](C1)C2O[Si](CC)(CC)CC. The molecule has 3 aliphatic rings. The van der Waals surface area contributed by atoms with Crippen LogP contribution in [0.3, 0.4) is 0 Å². The van der Waals surface area contributed by atoms with Crippen LogP contribution in [0.15, 0.2) is 12.7 Å². The van der Waals surface area contributed by atoms with Gasteiger partial charge in [0.05, 0.1) is 6.10 Å². The molecule has 0 heterocycles. The van der Waals surface area contributed by atoms with Gasteiger partial charge in [0.2, 0.25) is 0 Å². The minimum Gasteiger partial charge on any atom is -0.413 e.